The number of anilines is 1. The molecule has 0 amide bonds. The molecule has 0 atom stereocenters. The van der Waals surface area contributed by atoms with E-state index in [1.165, 1.54) is 12.8 Å². The minimum Gasteiger partial charge on any atom is -0.384 e. The third kappa shape index (κ3) is 3.09. The van der Waals surface area contributed by atoms with Crippen LogP contribution in [0.4, 0.5) is 5.82 Å². The summed E-state index contributed by atoms with van der Waals surface area (Å²) in [5.74, 6) is 3.43. The topological polar surface area (TPSA) is 47.0 Å². The highest BCUT2D eigenvalue weighted by atomic mass is 32.2. The molecule has 0 aliphatic heterocycles. The Morgan fingerprint density at radius 3 is 2.94 bits per heavy atom. The van der Waals surface area contributed by atoms with E-state index >= 15 is 0 Å². The summed E-state index contributed by atoms with van der Waals surface area (Å²) in [4.78, 5) is 9.05. The van der Waals surface area contributed by atoms with Gasteiger partial charge in [0.25, 0.3) is 0 Å². The van der Waals surface area contributed by atoms with Crippen LogP contribution in [0.1, 0.15) is 24.6 Å². The minimum atomic E-state index is 0.593. The van der Waals surface area contributed by atoms with Crippen molar-refractivity contribution < 1.29 is 4.74 Å². The first kappa shape index (κ1) is 11.7. The van der Waals surface area contributed by atoms with Crippen molar-refractivity contribution in [2.75, 3.05) is 31.8 Å². The van der Waals surface area contributed by atoms with Crippen molar-refractivity contribution in [3.63, 3.8) is 0 Å². The summed E-state index contributed by atoms with van der Waals surface area (Å²) >= 11 is 1.72. The van der Waals surface area contributed by atoms with Gasteiger partial charge in [-0.1, -0.05) is 0 Å². The Labute approximate surface area is 100 Å². The number of nitrogens with zero attached hydrogens (tertiary/aromatic N) is 2. The van der Waals surface area contributed by atoms with Gasteiger partial charge in [0.1, 0.15) is 16.7 Å². The predicted octanol–water partition coefficient (Wildman–Crippen LogP) is 2.13. The van der Waals surface area contributed by atoms with Crippen molar-refractivity contribution in [3.8, 4) is 0 Å². The minimum absolute atomic E-state index is 0.593. The standard InChI is InChI=1S/C11H17N3OS/c1-12-9-7-10(16-6-5-15-2)14-11(13-9)8-3-4-8/h7-8H,3-6H2,1-2H3,(H,12,13,14). The molecule has 1 heterocycles. The monoisotopic (exact) mass is 239 g/mol. The largest absolute Gasteiger partial charge is 0.384 e. The molecule has 0 radical (unpaired) electrons. The zero-order valence-electron chi connectivity index (χ0n) is 9.69. The summed E-state index contributed by atoms with van der Waals surface area (Å²) < 4.78 is 5.03. The molecule has 0 unspecified atom stereocenters. The Bertz CT molecular complexity index is 355. The molecule has 0 spiro atoms. The molecular formula is C11H17N3OS. The molecule has 0 aromatic carbocycles. The third-order valence-corrected chi connectivity index (χ3v) is 3.33. The molecule has 1 aliphatic carbocycles. The number of thioether (sulfide) groups is 1. The van der Waals surface area contributed by atoms with E-state index in [0.29, 0.717) is 5.92 Å². The molecular weight excluding hydrogens is 222 g/mol. The van der Waals surface area contributed by atoms with Crippen molar-refractivity contribution in [2.45, 2.75) is 23.8 Å². The van der Waals surface area contributed by atoms with Crippen LogP contribution in [-0.4, -0.2) is 36.5 Å². The van der Waals surface area contributed by atoms with Gasteiger partial charge < -0.3 is 10.1 Å². The molecule has 4 nitrogen and oxygen atoms in total. The maximum Gasteiger partial charge on any atom is 0.135 e. The van der Waals surface area contributed by atoms with Crippen LogP contribution in [0.5, 0.6) is 0 Å². The van der Waals surface area contributed by atoms with Crippen molar-refractivity contribution in [3.05, 3.63) is 11.9 Å². The molecule has 16 heavy (non-hydrogen) atoms. The van der Waals surface area contributed by atoms with Gasteiger partial charge in [-0.05, 0) is 12.8 Å². The van der Waals surface area contributed by atoms with Gasteiger partial charge in [0.05, 0.1) is 6.61 Å². The van der Waals surface area contributed by atoms with Crippen molar-refractivity contribution in [1.82, 2.24) is 9.97 Å². The number of methoxy groups -OCH3 is 1. The van der Waals surface area contributed by atoms with E-state index in [4.69, 9.17) is 4.74 Å². The molecule has 0 saturated heterocycles. The second-order valence-electron chi connectivity index (χ2n) is 3.82. The van der Waals surface area contributed by atoms with Gasteiger partial charge in [-0.2, -0.15) is 0 Å². The predicted molar refractivity (Wildman–Crippen MR) is 66.2 cm³/mol. The van der Waals surface area contributed by atoms with Gasteiger partial charge in [0.15, 0.2) is 0 Å². The van der Waals surface area contributed by atoms with E-state index in [1.54, 1.807) is 18.9 Å². The van der Waals surface area contributed by atoms with Crippen LogP contribution in [0.15, 0.2) is 11.1 Å². The lowest BCUT2D eigenvalue weighted by Crippen LogP contribution is -2.01. The van der Waals surface area contributed by atoms with Gasteiger partial charge in [0, 0.05) is 31.9 Å². The number of hydrogen-bond donors (Lipinski definition) is 1. The Balaban J connectivity index is 2.06. The van der Waals surface area contributed by atoms with Crippen LogP contribution in [-0.2, 0) is 4.74 Å². The fourth-order valence-corrected chi connectivity index (χ4v) is 2.21. The quantitative estimate of drug-likeness (QED) is 0.468. The van der Waals surface area contributed by atoms with Crippen molar-refractivity contribution in [1.29, 1.82) is 0 Å². The second-order valence-corrected chi connectivity index (χ2v) is 4.93. The number of nitrogens with one attached hydrogen (secondary N) is 1. The van der Waals surface area contributed by atoms with E-state index in [9.17, 15) is 0 Å². The third-order valence-electron chi connectivity index (χ3n) is 2.46. The lowest BCUT2D eigenvalue weighted by atomic mass is 10.4. The molecule has 1 aromatic rings. The van der Waals surface area contributed by atoms with Crippen LogP contribution >= 0.6 is 11.8 Å². The Morgan fingerprint density at radius 2 is 2.31 bits per heavy atom. The van der Waals surface area contributed by atoms with Crippen LogP contribution in [0.25, 0.3) is 0 Å². The Kier molecular flexibility index (Phi) is 4.01. The summed E-state index contributed by atoms with van der Waals surface area (Å²) in [6.07, 6.45) is 2.46. The van der Waals surface area contributed by atoms with Gasteiger partial charge in [-0.3, -0.25) is 0 Å². The van der Waals surface area contributed by atoms with E-state index in [2.05, 4.69) is 15.3 Å². The first-order chi connectivity index (χ1) is 7.83. The molecule has 88 valence electrons. The second kappa shape index (κ2) is 5.50. The Hall–Kier alpha value is -0.810. The number of ether oxygens (including phenoxy) is 1. The molecule has 1 aromatic heterocycles. The first-order valence-electron chi connectivity index (χ1n) is 5.52. The number of aromatic nitrogens is 2. The lowest BCUT2D eigenvalue weighted by molar-refractivity contribution is 0.218. The summed E-state index contributed by atoms with van der Waals surface area (Å²) in [6.45, 7) is 0.752. The van der Waals surface area contributed by atoms with E-state index in [1.807, 2.05) is 13.1 Å². The zero-order valence-corrected chi connectivity index (χ0v) is 10.5. The first-order valence-corrected chi connectivity index (χ1v) is 6.50. The molecule has 1 N–H and O–H groups in total. The highest BCUT2D eigenvalue weighted by molar-refractivity contribution is 7.99. The average Bonchev–Trinajstić information content (AvgIpc) is 3.13. The summed E-state index contributed by atoms with van der Waals surface area (Å²) in [5.41, 5.74) is 0. The van der Waals surface area contributed by atoms with Gasteiger partial charge >= 0.3 is 0 Å². The normalized spacial score (nSPS) is 15.1. The maximum atomic E-state index is 5.03. The number of hydrogen-bond acceptors (Lipinski definition) is 5. The number of rotatable bonds is 6. The molecule has 5 heteroatoms. The Morgan fingerprint density at radius 1 is 1.50 bits per heavy atom. The summed E-state index contributed by atoms with van der Waals surface area (Å²) in [7, 11) is 3.61. The SMILES string of the molecule is CNc1cc(SCCOC)nc(C2CC2)n1. The van der Waals surface area contributed by atoms with Crippen LogP contribution in [0.3, 0.4) is 0 Å². The fourth-order valence-electron chi connectivity index (χ4n) is 1.40. The zero-order chi connectivity index (χ0) is 11.4. The highest BCUT2D eigenvalue weighted by Crippen LogP contribution is 2.39. The smallest absolute Gasteiger partial charge is 0.135 e. The molecule has 2 rings (SSSR count). The van der Waals surface area contributed by atoms with E-state index < -0.39 is 0 Å². The van der Waals surface area contributed by atoms with Gasteiger partial charge in [-0.15, -0.1) is 11.8 Å². The van der Waals surface area contributed by atoms with E-state index in [-0.39, 0.29) is 0 Å². The summed E-state index contributed by atoms with van der Waals surface area (Å²) in [6, 6.07) is 1.99. The van der Waals surface area contributed by atoms with E-state index in [0.717, 1.165) is 29.0 Å². The maximum absolute atomic E-state index is 5.03. The molecule has 0 bridgehead atoms. The van der Waals surface area contributed by atoms with Gasteiger partial charge in [0.2, 0.25) is 0 Å². The fraction of sp³-hybridized carbons (Fsp3) is 0.636. The summed E-state index contributed by atoms with van der Waals surface area (Å²) in [5, 5.41) is 4.13. The van der Waals surface area contributed by atoms with Crippen LogP contribution < -0.4 is 5.32 Å². The van der Waals surface area contributed by atoms with Crippen LogP contribution in [0.2, 0.25) is 0 Å². The molecule has 1 aliphatic rings. The molecule has 1 fully saturated rings. The van der Waals surface area contributed by atoms with Crippen molar-refractivity contribution in [2.24, 2.45) is 0 Å². The van der Waals surface area contributed by atoms with Crippen molar-refractivity contribution >= 4 is 17.6 Å². The van der Waals surface area contributed by atoms with Crippen LogP contribution in [0, 0.1) is 0 Å². The molecule has 1 saturated carbocycles. The van der Waals surface area contributed by atoms with Gasteiger partial charge in [-0.25, -0.2) is 9.97 Å². The highest BCUT2D eigenvalue weighted by Gasteiger charge is 2.27. The lowest BCUT2D eigenvalue weighted by Gasteiger charge is -2.06. The average molecular weight is 239 g/mol.